The minimum absolute atomic E-state index is 0.810. The molecule has 1 N–H and O–H groups in total. The van der Waals surface area contributed by atoms with Crippen molar-refractivity contribution in [3.8, 4) is 0 Å². The van der Waals surface area contributed by atoms with Crippen LogP contribution in [0.4, 0.5) is 0 Å². The summed E-state index contributed by atoms with van der Waals surface area (Å²) in [6.07, 6.45) is 5.82. The number of rotatable bonds is 4. The first-order chi connectivity index (χ1) is 8.22. The highest BCUT2D eigenvalue weighted by Crippen LogP contribution is 2.39. The van der Waals surface area contributed by atoms with Crippen molar-refractivity contribution in [3.63, 3.8) is 0 Å². The molecule has 0 spiro atoms. The Kier molecular flexibility index (Phi) is 5.23. The second-order valence-corrected chi connectivity index (χ2v) is 7.38. The largest absolute Gasteiger partial charge is 0.314 e. The Bertz CT molecular complexity index is 225. The minimum Gasteiger partial charge on any atom is -0.314 e. The molecule has 0 aromatic carbocycles. The van der Waals surface area contributed by atoms with E-state index in [4.69, 9.17) is 0 Å². The second-order valence-electron chi connectivity index (χ2n) is 6.23. The van der Waals surface area contributed by atoms with Crippen LogP contribution >= 0.6 is 11.8 Å². The predicted octanol–water partition coefficient (Wildman–Crippen LogP) is 3.79. The summed E-state index contributed by atoms with van der Waals surface area (Å²) in [5, 5.41) is 3.82. The molecule has 0 radical (unpaired) electrons. The summed E-state index contributed by atoms with van der Waals surface area (Å²) in [4.78, 5) is 0. The Labute approximate surface area is 112 Å². The molecule has 100 valence electrons. The van der Waals surface area contributed by atoms with Gasteiger partial charge in [0.25, 0.3) is 0 Å². The van der Waals surface area contributed by atoms with E-state index in [1.165, 1.54) is 37.2 Å². The van der Waals surface area contributed by atoms with Crippen molar-refractivity contribution in [1.29, 1.82) is 0 Å². The van der Waals surface area contributed by atoms with Crippen LogP contribution < -0.4 is 5.32 Å². The molecular formula is C15H29NS. The maximum atomic E-state index is 3.82. The van der Waals surface area contributed by atoms with Crippen LogP contribution in [0, 0.1) is 23.7 Å². The average Bonchev–Trinajstić information content (AvgIpc) is 2.83. The molecular weight excluding hydrogens is 226 g/mol. The van der Waals surface area contributed by atoms with Crippen LogP contribution in [0.5, 0.6) is 0 Å². The molecule has 0 aromatic heterocycles. The maximum absolute atomic E-state index is 3.82. The third kappa shape index (κ3) is 3.41. The summed E-state index contributed by atoms with van der Waals surface area (Å²) in [6, 6.07) is 0.810. The lowest BCUT2D eigenvalue weighted by atomic mass is 9.70. The van der Waals surface area contributed by atoms with Gasteiger partial charge in [-0.3, -0.25) is 0 Å². The number of hydrogen-bond donors (Lipinski definition) is 1. The van der Waals surface area contributed by atoms with Crippen molar-refractivity contribution in [3.05, 3.63) is 0 Å². The van der Waals surface area contributed by atoms with Crippen molar-refractivity contribution >= 4 is 11.8 Å². The maximum Gasteiger partial charge on any atom is 0.0132 e. The topological polar surface area (TPSA) is 12.0 Å². The van der Waals surface area contributed by atoms with E-state index in [1.54, 1.807) is 0 Å². The lowest BCUT2D eigenvalue weighted by molar-refractivity contribution is 0.147. The van der Waals surface area contributed by atoms with Gasteiger partial charge in [-0.2, -0.15) is 11.8 Å². The second kappa shape index (κ2) is 6.47. The van der Waals surface area contributed by atoms with Gasteiger partial charge < -0.3 is 5.32 Å². The molecule has 1 aliphatic carbocycles. The monoisotopic (exact) mass is 255 g/mol. The average molecular weight is 255 g/mol. The summed E-state index contributed by atoms with van der Waals surface area (Å²) >= 11 is 2.16. The molecule has 0 aromatic rings. The lowest BCUT2D eigenvalue weighted by Crippen LogP contribution is -2.44. The van der Waals surface area contributed by atoms with E-state index >= 15 is 0 Å². The van der Waals surface area contributed by atoms with Gasteiger partial charge in [-0.05, 0) is 61.0 Å². The zero-order valence-electron chi connectivity index (χ0n) is 11.7. The first-order valence-corrected chi connectivity index (χ1v) is 8.69. The molecule has 2 aliphatic rings. The number of hydrogen-bond acceptors (Lipinski definition) is 2. The highest BCUT2D eigenvalue weighted by Gasteiger charge is 2.35. The van der Waals surface area contributed by atoms with Crippen LogP contribution in [0.25, 0.3) is 0 Å². The summed E-state index contributed by atoms with van der Waals surface area (Å²) in [5.74, 6) is 6.58. The molecule has 0 amide bonds. The van der Waals surface area contributed by atoms with Crippen LogP contribution in [0.3, 0.4) is 0 Å². The molecule has 1 aliphatic heterocycles. The van der Waals surface area contributed by atoms with Gasteiger partial charge in [-0.25, -0.2) is 0 Å². The molecule has 5 unspecified atom stereocenters. The van der Waals surface area contributed by atoms with Gasteiger partial charge in [0.1, 0.15) is 0 Å². The first kappa shape index (κ1) is 13.7. The third-order valence-electron chi connectivity index (χ3n) is 5.06. The Morgan fingerprint density at radius 3 is 2.53 bits per heavy atom. The normalized spacial score (nSPS) is 40.4. The Hall–Kier alpha value is 0.310. The molecule has 1 heterocycles. The van der Waals surface area contributed by atoms with Gasteiger partial charge in [0.05, 0.1) is 0 Å². The van der Waals surface area contributed by atoms with Crippen LogP contribution in [-0.2, 0) is 0 Å². The molecule has 2 rings (SSSR count). The van der Waals surface area contributed by atoms with Gasteiger partial charge in [0.15, 0.2) is 0 Å². The fourth-order valence-electron chi connectivity index (χ4n) is 3.71. The fraction of sp³-hybridized carbons (Fsp3) is 1.00. The number of nitrogens with one attached hydrogen (secondary N) is 1. The van der Waals surface area contributed by atoms with Crippen molar-refractivity contribution in [2.45, 2.75) is 52.5 Å². The zero-order chi connectivity index (χ0) is 12.3. The van der Waals surface area contributed by atoms with Crippen molar-refractivity contribution in [2.75, 3.05) is 18.1 Å². The van der Waals surface area contributed by atoms with Crippen molar-refractivity contribution < 1.29 is 0 Å². The van der Waals surface area contributed by atoms with Crippen molar-refractivity contribution in [1.82, 2.24) is 5.32 Å². The summed E-state index contributed by atoms with van der Waals surface area (Å²) in [7, 11) is 0. The van der Waals surface area contributed by atoms with Crippen LogP contribution in [0.15, 0.2) is 0 Å². The minimum atomic E-state index is 0.810. The van der Waals surface area contributed by atoms with E-state index in [0.717, 1.165) is 36.3 Å². The molecule has 1 saturated heterocycles. The van der Waals surface area contributed by atoms with Gasteiger partial charge in [-0.1, -0.05) is 27.2 Å². The van der Waals surface area contributed by atoms with E-state index in [-0.39, 0.29) is 0 Å². The summed E-state index contributed by atoms with van der Waals surface area (Å²) < 4.78 is 0. The van der Waals surface area contributed by atoms with Gasteiger partial charge in [0, 0.05) is 6.04 Å². The van der Waals surface area contributed by atoms with Gasteiger partial charge >= 0.3 is 0 Å². The lowest BCUT2D eigenvalue weighted by Gasteiger charge is -2.39. The molecule has 2 fully saturated rings. The fourth-order valence-corrected chi connectivity index (χ4v) is 5.02. The molecule has 1 nitrogen and oxygen atoms in total. The Balaban J connectivity index is 1.95. The van der Waals surface area contributed by atoms with E-state index < -0.39 is 0 Å². The van der Waals surface area contributed by atoms with Crippen LogP contribution in [0.2, 0.25) is 0 Å². The Morgan fingerprint density at radius 1 is 1.12 bits per heavy atom. The zero-order valence-corrected chi connectivity index (χ0v) is 12.6. The van der Waals surface area contributed by atoms with Gasteiger partial charge in [0.2, 0.25) is 0 Å². The summed E-state index contributed by atoms with van der Waals surface area (Å²) in [5.41, 5.74) is 0. The van der Waals surface area contributed by atoms with Crippen LogP contribution in [-0.4, -0.2) is 24.1 Å². The van der Waals surface area contributed by atoms with Crippen molar-refractivity contribution in [2.24, 2.45) is 23.7 Å². The van der Waals surface area contributed by atoms with E-state index in [2.05, 4.69) is 37.8 Å². The molecule has 0 bridgehead atoms. The smallest absolute Gasteiger partial charge is 0.0132 e. The highest BCUT2D eigenvalue weighted by molar-refractivity contribution is 7.99. The number of thioether (sulfide) groups is 1. The first-order valence-electron chi connectivity index (χ1n) is 7.53. The van der Waals surface area contributed by atoms with E-state index in [1.807, 2.05) is 0 Å². The summed E-state index contributed by atoms with van der Waals surface area (Å²) in [6.45, 7) is 8.31. The van der Waals surface area contributed by atoms with E-state index in [0.29, 0.717) is 0 Å². The van der Waals surface area contributed by atoms with Gasteiger partial charge in [-0.15, -0.1) is 0 Å². The molecule has 2 heteroatoms. The molecule has 1 saturated carbocycles. The third-order valence-corrected chi connectivity index (χ3v) is 6.25. The van der Waals surface area contributed by atoms with Crippen LogP contribution in [0.1, 0.15) is 46.5 Å². The quantitative estimate of drug-likeness (QED) is 0.820. The molecule has 17 heavy (non-hydrogen) atoms. The standard InChI is InChI=1S/C15H29NS/c1-4-16-15(14-7-8-17-10-14)13-6-5-11(2)12(3)9-13/h11-16H,4-10H2,1-3H3. The Morgan fingerprint density at radius 2 is 1.94 bits per heavy atom. The van der Waals surface area contributed by atoms with E-state index in [9.17, 15) is 0 Å². The predicted molar refractivity (Wildman–Crippen MR) is 78.6 cm³/mol. The highest BCUT2D eigenvalue weighted by atomic mass is 32.2. The SMILES string of the molecule is CCNC(C1CCSC1)C1CCC(C)C(C)C1. The molecule has 5 atom stereocenters.